The van der Waals surface area contributed by atoms with Gasteiger partial charge in [-0.3, -0.25) is 0 Å². The van der Waals surface area contributed by atoms with Crippen LogP contribution in [-0.2, 0) is 5.41 Å². The first-order valence-corrected chi connectivity index (χ1v) is 10.0. The Morgan fingerprint density at radius 3 is 2.00 bits per heavy atom. The molecule has 28 heavy (non-hydrogen) atoms. The van der Waals surface area contributed by atoms with E-state index in [4.69, 9.17) is 0 Å². The van der Waals surface area contributed by atoms with Crippen LogP contribution in [0, 0.1) is 6.92 Å². The van der Waals surface area contributed by atoms with E-state index in [-0.39, 0.29) is 5.41 Å². The molecule has 0 aliphatic heterocycles. The minimum Gasteiger partial charge on any atom is -0.100 e. The van der Waals surface area contributed by atoms with Crippen molar-refractivity contribution in [3.05, 3.63) is 120 Å². The molecule has 0 bridgehead atoms. The average Bonchev–Trinajstić information content (AvgIpc) is 2.72. The predicted octanol–water partition coefficient (Wildman–Crippen LogP) is 7.88. The smallest absolute Gasteiger partial charge is 0.0445 e. The summed E-state index contributed by atoms with van der Waals surface area (Å²) in [5.41, 5.74) is 8.47. The van der Waals surface area contributed by atoms with E-state index in [1.807, 2.05) is 0 Å². The third-order valence-corrected chi connectivity index (χ3v) is 5.57. The van der Waals surface area contributed by atoms with Crippen molar-refractivity contribution < 1.29 is 0 Å². The quantitative estimate of drug-likeness (QED) is 0.373. The molecule has 3 aromatic carbocycles. The van der Waals surface area contributed by atoms with Crippen molar-refractivity contribution in [2.75, 3.05) is 0 Å². The van der Waals surface area contributed by atoms with Crippen LogP contribution in [-0.4, -0.2) is 0 Å². The lowest BCUT2D eigenvalue weighted by molar-refractivity contribution is 0.579. The molecule has 142 valence electrons. The maximum absolute atomic E-state index is 4.53. The van der Waals surface area contributed by atoms with Gasteiger partial charge in [-0.2, -0.15) is 0 Å². The van der Waals surface area contributed by atoms with Gasteiger partial charge in [-0.25, -0.2) is 0 Å². The van der Waals surface area contributed by atoms with Crippen molar-refractivity contribution in [1.82, 2.24) is 0 Å². The Morgan fingerprint density at radius 2 is 1.39 bits per heavy atom. The Morgan fingerprint density at radius 1 is 0.786 bits per heavy atom. The van der Waals surface area contributed by atoms with E-state index in [2.05, 4.69) is 113 Å². The van der Waals surface area contributed by atoms with Crippen LogP contribution < -0.4 is 0 Å². The van der Waals surface area contributed by atoms with E-state index in [9.17, 15) is 0 Å². The standard InChI is InChI=1S/C28H30/c1-6-23(5)28(20-21(2)3,26-15-8-7-9-16-26)27-17-11-14-25(19-27)24-13-10-12-22(4)18-24/h7-19H,2,5-6,20H2,1,3-4H3. The average molecular weight is 367 g/mol. The molecule has 0 N–H and O–H groups in total. The van der Waals surface area contributed by atoms with E-state index < -0.39 is 0 Å². The minimum absolute atomic E-state index is 0.262. The molecule has 0 heteroatoms. The van der Waals surface area contributed by atoms with Crippen LogP contribution >= 0.6 is 0 Å². The highest BCUT2D eigenvalue weighted by Gasteiger charge is 2.36. The predicted molar refractivity (Wildman–Crippen MR) is 123 cm³/mol. The SMILES string of the molecule is C=C(C)CC(C(=C)CC)(c1ccccc1)c1cccc(-c2cccc(C)c2)c1. The maximum atomic E-state index is 4.53. The zero-order chi connectivity index (χ0) is 20.1. The van der Waals surface area contributed by atoms with Gasteiger partial charge in [0.15, 0.2) is 0 Å². The molecular formula is C28H30. The number of hydrogen-bond donors (Lipinski definition) is 0. The van der Waals surface area contributed by atoms with Crippen LogP contribution in [0.15, 0.2) is 103 Å². The molecule has 1 atom stereocenters. The lowest BCUT2D eigenvalue weighted by Gasteiger charge is -2.38. The van der Waals surface area contributed by atoms with Crippen LogP contribution in [0.3, 0.4) is 0 Å². The third kappa shape index (κ3) is 3.87. The van der Waals surface area contributed by atoms with Crippen molar-refractivity contribution in [2.45, 2.75) is 39.0 Å². The molecule has 0 aliphatic rings. The summed E-state index contributed by atoms with van der Waals surface area (Å²) in [6.45, 7) is 15.2. The highest BCUT2D eigenvalue weighted by Crippen LogP contribution is 2.45. The minimum atomic E-state index is -0.262. The first-order chi connectivity index (χ1) is 13.5. The second-order valence-corrected chi connectivity index (χ2v) is 7.81. The number of aryl methyl sites for hydroxylation is 1. The molecule has 3 aromatic rings. The summed E-state index contributed by atoms with van der Waals surface area (Å²) in [6, 6.07) is 28.4. The Kier molecular flexibility index (Phi) is 5.99. The fraction of sp³-hybridized carbons (Fsp3) is 0.214. The van der Waals surface area contributed by atoms with Crippen molar-refractivity contribution in [3.8, 4) is 11.1 Å². The number of benzene rings is 3. The largest absolute Gasteiger partial charge is 0.100 e. The summed E-state index contributed by atoms with van der Waals surface area (Å²) in [6.07, 6.45) is 1.79. The normalized spacial score (nSPS) is 13.0. The van der Waals surface area contributed by atoms with Crippen molar-refractivity contribution in [3.63, 3.8) is 0 Å². The van der Waals surface area contributed by atoms with E-state index in [0.29, 0.717) is 0 Å². The van der Waals surface area contributed by atoms with E-state index in [1.54, 1.807) is 0 Å². The first-order valence-electron chi connectivity index (χ1n) is 10.0. The number of hydrogen-bond acceptors (Lipinski definition) is 0. The van der Waals surface area contributed by atoms with Crippen molar-refractivity contribution in [1.29, 1.82) is 0 Å². The van der Waals surface area contributed by atoms with E-state index >= 15 is 0 Å². The Labute approximate surface area is 170 Å². The molecule has 0 heterocycles. The molecular weight excluding hydrogens is 336 g/mol. The van der Waals surface area contributed by atoms with Gasteiger partial charge in [-0.05, 0) is 55.0 Å². The lowest BCUT2D eigenvalue weighted by atomic mass is 9.65. The van der Waals surface area contributed by atoms with Gasteiger partial charge < -0.3 is 0 Å². The van der Waals surface area contributed by atoms with Crippen LogP contribution in [0.2, 0.25) is 0 Å². The molecule has 0 spiro atoms. The highest BCUT2D eigenvalue weighted by molar-refractivity contribution is 5.66. The molecule has 1 unspecified atom stereocenters. The van der Waals surface area contributed by atoms with Crippen molar-refractivity contribution >= 4 is 0 Å². The summed E-state index contributed by atoms with van der Waals surface area (Å²) in [7, 11) is 0. The molecule has 3 rings (SSSR count). The monoisotopic (exact) mass is 366 g/mol. The second kappa shape index (κ2) is 8.44. The third-order valence-electron chi connectivity index (χ3n) is 5.57. The fourth-order valence-electron chi connectivity index (χ4n) is 4.17. The van der Waals surface area contributed by atoms with E-state index in [0.717, 1.165) is 12.8 Å². The lowest BCUT2D eigenvalue weighted by Crippen LogP contribution is -2.30. The highest BCUT2D eigenvalue weighted by atomic mass is 14.4. The molecule has 0 aromatic heterocycles. The molecule has 0 saturated carbocycles. The van der Waals surface area contributed by atoms with Crippen LogP contribution in [0.5, 0.6) is 0 Å². The van der Waals surface area contributed by atoms with Gasteiger partial charge in [-0.15, -0.1) is 6.58 Å². The summed E-state index contributed by atoms with van der Waals surface area (Å²) in [4.78, 5) is 0. The van der Waals surface area contributed by atoms with Crippen LogP contribution in [0.1, 0.15) is 43.4 Å². The fourth-order valence-corrected chi connectivity index (χ4v) is 4.17. The first kappa shape index (κ1) is 19.9. The van der Waals surface area contributed by atoms with Crippen molar-refractivity contribution in [2.24, 2.45) is 0 Å². The van der Waals surface area contributed by atoms with Gasteiger partial charge in [0, 0.05) is 5.41 Å². The molecule has 0 radical (unpaired) electrons. The van der Waals surface area contributed by atoms with E-state index in [1.165, 1.54) is 39.0 Å². The molecule has 0 nitrogen and oxygen atoms in total. The van der Waals surface area contributed by atoms with Gasteiger partial charge in [0.1, 0.15) is 0 Å². The van der Waals surface area contributed by atoms with Gasteiger partial charge in [-0.1, -0.05) is 103 Å². The number of allylic oxidation sites excluding steroid dienone is 2. The summed E-state index contributed by atoms with van der Waals surface area (Å²) < 4.78 is 0. The maximum Gasteiger partial charge on any atom is 0.0445 e. The van der Waals surface area contributed by atoms with Crippen LogP contribution in [0.25, 0.3) is 11.1 Å². The zero-order valence-electron chi connectivity index (χ0n) is 17.3. The Hall–Kier alpha value is -2.86. The van der Waals surface area contributed by atoms with Gasteiger partial charge in [0.2, 0.25) is 0 Å². The zero-order valence-corrected chi connectivity index (χ0v) is 17.3. The Balaban J connectivity index is 2.25. The number of rotatable bonds is 7. The van der Waals surface area contributed by atoms with Gasteiger partial charge >= 0.3 is 0 Å². The molecule has 0 fully saturated rings. The molecule has 0 amide bonds. The summed E-state index contributed by atoms with van der Waals surface area (Å²) >= 11 is 0. The van der Waals surface area contributed by atoms with Gasteiger partial charge in [0.05, 0.1) is 0 Å². The molecule has 0 aliphatic carbocycles. The van der Waals surface area contributed by atoms with Crippen LogP contribution in [0.4, 0.5) is 0 Å². The topological polar surface area (TPSA) is 0 Å². The Bertz CT molecular complexity index is 978. The summed E-state index contributed by atoms with van der Waals surface area (Å²) in [5, 5.41) is 0. The summed E-state index contributed by atoms with van der Waals surface area (Å²) in [5.74, 6) is 0. The van der Waals surface area contributed by atoms with Gasteiger partial charge in [0.25, 0.3) is 0 Å². The second-order valence-electron chi connectivity index (χ2n) is 7.81. The molecule has 0 saturated heterocycles.